The third kappa shape index (κ3) is 4.19. The normalized spacial score (nSPS) is 29.9. The summed E-state index contributed by atoms with van der Waals surface area (Å²) in [7, 11) is 0. The third-order valence-corrected chi connectivity index (χ3v) is 4.17. The van der Waals surface area contributed by atoms with E-state index in [-0.39, 0.29) is 12.7 Å². The molecule has 2 atom stereocenters. The summed E-state index contributed by atoms with van der Waals surface area (Å²) in [6, 6.07) is 0. The predicted octanol–water partition coefficient (Wildman–Crippen LogP) is 0.742. The number of aliphatic hydroxyl groups is 1. The van der Waals surface area contributed by atoms with Crippen LogP contribution in [-0.4, -0.2) is 67.6 Å². The maximum absolute atomic E-state index is 9.54. The van der Waals surface area contributed by atoms with Gasteiger partial charge in [0.2, 0.25) is 0 Å². The molecule has 0 radical (unpaired) electrons. The molecule has 5 heteroatoms. The first-order chi connectivity index (χ1) is 9.64. The molecule has 2 heterocycles. The minimum atomic E-state index is -0.492. The Labute approximate surface area is 121 Å². The van der Waals surface area contributed by atoms with Crippen molar-refractivity contribution in [2.75, 3.05) is 45.9 Å². The lowest BCUT2D eigenvalue weighted by Crippen LogP contribution is -2.50. The number of nitrogens with zero attached hydrogens (tertiary/aromatic N) is 1. The molecule has 2 saturated heterocycles. The monoisotopic (exact) mass is 284 g/mol. The topological polar surface area (TPSA) is 54.0 Å². The van der Waals surface area contributed by atoms with E-state index in [1.165, 1.54) is 19.3 Å². The summed E-state index contributed by atoms with van der Waals surface area (Å²) in [5.41, 5.74) is -0.492. The van der Waals surface area contributed by atoms with Crippen LogP contribution in [0.3, 0.4) is 0 Å². The molecule has 2 rings (SSSR count). The van der Waals surface area contributed by atoms with E-state index in [0.29, 0.717) is 18.9 Å². The second-order valence-electron chi connectivity index (χ2n) is 5.96. The molecule has 0 aromatic heterocycles. The lowest BCUT2D eigenvalue weighted by molar-refractivity contribution is -0.0826. The number of aliphatic hydroxyl groups excluding tert-OH is 1. The van der Waals surface area contributed by atoms with Crippen LogP contribution in [0.2, 0.25) is 0 Å². The standard InChI is InChI=1S/C15H28N2O3/c1-13(15(2)12-16-6-9-19-15)20-14(11-18)10-17-7-4-3-5-8-17/h14,16,18H,1,3-12H2,2H3. The smallest absolute Gasteiger partial charge is 0.134 e. The van der Waals surface area contributed by atoms with Crippen LogP contribution in [0.5, 0.6) is 0 Å². The van der Waals surface area contributed by atoms with Crippen molar-refractivity contribution in [1.82, 2.24) is 10.2 Å². The second kappa shape index (κ2) is 7.41. The zero-order valence-corrected chi connectivity index (χ0v) is 12.6. The van der Waals surface area contributed by atoms with Crippen molar-refractivity contribution in [3.63, 3.8) is 0 Å². The maximum atomic E-state index is 9.54. The van der Waals surface area contributed by atoms with Gasteiger partial charge in [-0.1, -0.05) is 13.0 Å². The first-order valence-electron chi connectivity index (χ1n) is 7.68. The van der Waals surface area contributed by atoms with E-state index in [4.69, 9.17) is 9.47 Å². The van der Waals surface area contributed by atoms with Crippen LogP contribution in [0.1, 0.15) is 26.2 Å². The Morgan fingerprint density at radius 1 is 1.45 bits per heavy atom. The molecule has 2 aliphatic heterocycles. The average Bonchev–Trinajstić information content (AvgIpc) is 2.48. The first-order valence-corrected chi connectivity index (χ1v) is 7.68. The number of morpholine rings is 1. The lowest BCUT2D eigenvalue weighted by Gasteiger charge is -2.38. The van der Waals surface area contributed by atoms with Crippen LogP contribution in [0.25, 0.3) is 0 Å². The zero-order chi connectivity index (χ0) is 14.4. The number of piperidine rings is 1. The molecule has 2 N–H and O–H groups in total. The highest BCUT2D eigenvalue weighted by atomic mass is 16.6. The van der Waals surface area contributed by atoms with Crippen LogP contribution in [0, 0.1) is 0 Å². The quantitative estimate of drug-likeness (QED) is 0.705. The Morgan fingerprint density at radius 3 is 2.80 bits per heavy atom. The number of likely N-dealkylation sites (tertiary alicyclic amines) is 1. The molecule has 0 aromatic rings. The molecule has 116 valence electrons. The average molecular weight is 284 g/mol. The molecule has 0 aliphatic carbocycles. The van der Waals surface area contributed by atoms with Crippen molar-refractivity contribution in [1.29, 1.82) is 0 Å². The molecular formula is C15H28N2O3. The highest BCUT2D eigenvalue weighted by Gasteiger charge is 2.34. The van der Waals surface area contributed by atoms with Crippen LogP contribution in [0.15, 0.2) is 12.3 Å². The van der Waals surface area contributed by atoms with E-state index in [1.54, 1.807) is 0 Å². The minimum Gasteiger partial charge on any atom is -0.489 e. The summed E-state index contributed by atoms with van der Waals surface area (Å²) in [5, 5.41) is 12.8. The molecule has 2 fully saturated rings. The fourth-order valence-corrected chi connectivity index (χ4v) is 2.79. The van der Waals surface area contributed by atoms with Crippen molar-refractivity contribution in [3.05, 3.63) is 12.3 Å². The summed E-state index contributed by atoms with van der Waals surface area (Å²) in [5.74, 6) is 0.612. The second-order valence-corrected chi connectivity index (χ2v) is 5.96. The summed E-state index contributed by atoms with van der Waals surface area (Å²) in [6.07, 6.45) is 3.57. The Morgan fingerprint density at radius 2 is 2.20 bits per heavy atom. The van der Waals surface area contributed by atoms with Crippen LogP contribution in [0.4, 0.5) is 0 Å². The van der Waals surface area contributed by atoms with Gasteiger partial charge in [0.15, 0.2) is 0 Å². The van der Waals surface area contributed by atoms with Gasteiger partial charge in [-0.3, -0.25) is 4.90 Å². The van der Waals surface area contributed by atoms with E-state index < -0.39 is 5.60 Å². The molecule has 5 nitrogen and oxygen atoms in total. The van der Waals surface area contributed by atoms with Crippen molar-refractivity contribution in [2.24, 2.45) is 0 Å². The van der Waals surface area contributed by atoms with Gasteiger partial charge in [-0.15, -0.1) is 0 Å². The van der Waals surface area contributed by atoms with Gasteiger partial charge < -0.3 is 19.9 Å². The van der Waals surface area contributed by atoms with Gasteiger partial charge in [0.25, 0.3) is 0 Å². The largest absolute Gasteiger partial charge is 0.489 e. The van der Waals surface area contributed by atoms with Crippen LogP contribution in [-0.2, 0) is 9.47 Å². The van der Waals surface area contributed by atoms with Gasteiger partial charge in [-0.2, -0.15) is 0 Å². The van der Waals surface area contributed by atoms with Gasteiger partial charge in [0.05, 0.1) is 13.2 Å². The van der Waals surface area contributed by atoms with Crippen molar-refractivity contribution in [2.45, 2.75) is 37.9 Å². The number of hydrogen-bond acceptors (Lipinski definition) is 5. The summed E-state index contributed by atoms with van der Waals surface area (Å²) in [4.78, 5) is 2.36. The Bertz CT molecular complexity index is 310. The Kier molecular flexibility index (Phi) is 5.84. The fourth-order valence-electron chi connectivity index (χ4n) is 2.79. The van der Waals surface area contributed by atoms with Crippen LogP contribution >= 0.6 is 0 Å². The first kappa shape index (κ1) is 15.8. The van der Waals surface area contributed by atoms with Gasteiger partial charge in [-0.05, 0) is 32.9 Å². The van der Waals surface area contributed by atoms with Gasteiger partial charge in [-0.25, -0.2) is 0 Å². The van der Waals surface area contributed by atoms with Crippen LogP contribution < -0.4 is 5.32 Å². The molecule has 2 unspecified atom stereocenters. The maximum Gasteiger partial charge on any atom is 0.134 e. The molecule has 0 aromatic carbocycles. The number of nitrogens with one attached hydrogen (secondary N) is 1. The summed E-state index contributed by atoms with van der Waals surface area (Å²) in [6.45, 7) is 11.2. The van der Waals surface area contributed by atoms with E-state index in [1.807, 2.05) is 6.92 Å². The molecule has 0 saturated carbocycles. The zero-order valence-electron chi connectivity index (χ0n) is 12.6. The van der Waals surface area contributed by atoms with E-state index in [9.17, 15) is 5.11 Å². The molecule has 20 heavy (non-hydrogen) atoms. The highest BCUT2D eigenvalue weighted by Crippen LogP contribution is 2.24. The summed E-state index contributed by atoms with van der Waals surface area (Å²) < 4.78 is 11.7. The summed E-state index contributed by atoms with van der Waals surface area (Å²) >= 11 is 0. The van der Waals surface area contributed by atoms with Gasteiger partial charge >= 0.3 is 0 Å². The van der Waals surface area contributed by atoms with E-state index in [2.05, 4.69) is 16.8 Å². The minimum absolute atomic E-state index is 0.0129. The Hall–Kier alpha value is -0.620. The van der Waals surface area contributed by atoms with Crippen molar-refractivity contribution in [3.8, 4) is 0 Å². The van der Waals surface area contributed by atoms with Gasteiger partial charge in [0.1, 0.15) is 17.5 Å². The molecule has 0 spiro atoms. The predicted molar refractivity (Wildman–Crippen MR) is 78.6 cm³/mol. The SMILES string of the molecule is C=C(OC(CO)CN1CCCCC1)C1(C)CNCCO1. The Balaban J connectivity index is 1.83. The number of rotatable bonds is 6. The fraction of sp³-hybridized carbons (Fsp3) is 0.867. The third-order valence-electron chi connectivity index (χ3n) is 4.17. The van der Waals surface area contributed by atoms with E-state index in [0.717, 1.165) is 26.2 Å². The number of hydrogen-bond donors (Lipinski definition) is 2. The lowest BCUT2D eigenvalue weighted by atomic mass is 10.0. The molecule has 0 amide bonds. The van der Waals surface area contributed by atoms with Crippen molar-refractivity contribution >= 4 is 0 Å². The molecular weight excluding hydrogens is 256 g/mol. The molecule has 2 aliphatic rings. The number of ether oxygens (including phenoxy) is 2. The van der Waals surface area contributed by atoms with Gasteiger partial charge in [0, 0.05) is 19.6 Å². The van der Waals surface area contributed by atoms with E-state index >= 15 is 0 Å². The molecule has 0 bridgehead atoms. The highest BCUT2D eigenvalue weighted by molar-refractivity contribution is 5.07. The van der Waals surface area contributed by atoms with Crippen molar-refractivity contribution < 1.29 is 14.6 Å².